The van der Waals surface area contributed by atoms with Crippen molar-refractivity contribution in [3.63, 3.8) is 0 Å². The molecule has 3 aromatic carbocycles. The van der Waals surface area contributed by atoms with E-state index in [-0.39, 0.29) is 10.9 Å². The lowest BCUT2D eigenvalue weighted by Gasteiger charge is -2.57. The molecule has 7 rings (SSSR count). The molecule has 3 heteroatoms. The molecule has 0 N–H and O–H groups in total. The summed E-state index contributed by atoms with van der Waals surface area (Å²) in [5, 5.41) is 11.1. The van der Waals surface area contributed by atoms with Crippen molar-refractivity contribution in [1.82, 2.24) is 0 Å². The van der Waals surface area contributed by atoms with Gasteiger partial charge in [-0.05, 0) is 157 Å². The van der Waals surface area contributed by atoms with Gasteiger partial charge in [0, 0.05) is 33.6 Å². The van der Waals surface area contributed by atoms with Gasteiger partial charge in [-0.15, -0.1) is 0 Å². The molecule has 0 heterocycles. The van der Waals surface area contributed by atoms with Crippen molar-refractivity contribution in [1.29, 1.82) is 0 Å². The molecule has 4 bridgehead atoms. The van der Waals surface area contributed by atoms with Crippen LogP contribution < -0.4 is 5.11 Å². The second-order valence-corrected chi connectivity index (χ2v) is 20.1. The van der Waals surface area contributed by atoms with Crippen molar-refractivity contribution >= 4 is 16.9 Å². The average Bonchev–Trinajstić information content (AvgIpc) is 3.20. The molecule has 4 aliphatic carbocycles. The normalized spacial score (nSPS) is 21.0. The first-order chi connectivity index (χ1) is 27.3. The highest BCUT2D eigenvalue weighted by Crippen LogP contribution is 2.59. The van der Waals surface area contributed by atoms with Crippen LogP contribution in [0, 0.1) is 23.2 Å². The quantitative estimate of drug-likeness (QED) is 0.0953. The van der Waals surface area contributed by atoms with Crippen LogP contribution in [0.4, 0.5) is 0 Å². The maximum absolute atomic E-state index is 11.1. The first-order valence-electron chi connectivity index (χ1n) is 23.6. The van der Waals surface area contributed by atoms with E-state index in [0.29, 0.717) is 17.8 Å². The van der Waals surface area contributed by atoms with E-state index in [1.807, 2.05) is 0 Å². The highest BCUT2D eigenvalue weighted by atomic mass is 32.2. The van der Waals surface area contributed by atoms with Gasteiger partial charge >= 0.3 is 0 Å². The molecule has 0 amide bonds. The number of aliphatic carboxylic acids is 1. The van der Waals surface area contributed by atoms with Crippen LogP contribution in [0.2, 0.25) is 0 Å². The second-order valence-electron chi connectivity index (χ2n) is 18.2. The Morgan fingerprint density at radius 3 is 1.16 bits per heavy atom. The summed E-state index contributed by atoms with van der Waals surface area (Å²) in [6, 6.07) is 22.2. The number of carboxylic acids is 1. The molecule has 0 unspecified atom stereocenters. The molecule has 0 aliphatic heterocycles. The lowest BCUT2D eigenvalue weighted by Crippen LogP contribution is -2.54. The van der Waals surface area contributed by atoms with E-state index in [0.717, 1.165) is 19.3 Å². The van der Waals surface area contributed by atoms with Gasteiger partial charge in [-0.3, -0.25) is 0 Å². The zero-order valence-corrected chi connectivity index (χ0v) is 37.4. The van der Waals surface area contributed by atoms with Gasteiger partial charge in [0.2, 0.25) is 0 Å². The van der Waals surface area contributed by atoms with Crippen LogP contribution in [0.3, 0.4) is 0 Å². The second kappa shape index (κ2) is 22.6. The van der Waals surface area contributed by atoms with E-state index in [9.17, 15) is 9.90 Å². The largest absolute Gasteiger partial charge is 0.550 e. The van der Waals surface area contributed by atoms with Crippen LogP contribution in [0.5, 0.6) is 0 Å². The number of benzene rings is 3. The maximum Gasteiger partial charge on any atom is 0.172 e. The van der Waals surface area contributed by atoms with Gasteiger partial charge in [0.1, 0.15) is 10.9 Å². The predicted octanol–water partition coefficient (Wildman–Crippen LogP) is 13.8. The molecule has 308 valence electrons. The van der Waals surface area contributed by atoms with Gasteiger partial charge in [0.15, 0.2) is 14.7 Å². The van der Waals surface area contributed by atoms with E-state index >= 15 is 0 Å². The topological polar surface area (TPSA) is 40.1 Å². The van der Waals surface area contributed by atoms with Crippen LogP contribution in [-0.2, 0) is 54.2 Å². The summed E-state index contributed by atoms with van der Waals surface area (Å²) in [7, 11) is -0.103. The van der Waals surface area contributed by atoms with Crippen LogP contribution in [0.25, 0.3) is 0 Å². The fourth-order valence-corrected chi connectivity index (χ4v) is 13.5. The summed E-state index contributed by atoms with van der Waals surface area (Å²) in [5.41, 5.74) is 9.34. The molecule has 0 saturated heterocycles. The molecule has 0 atom stereocenters. The molecule has 0 radical (unpaired) electrons. The van der Waals surface area contributed by atoms with Gasteiger partial charge in [0.25, 0.3) is 0 Å². The van der Waals surface area contributed by atoms with E-state index in [1.165, 1.54) is 140 Å². The molecule has 0 spiro atoms. The Balaban J connectivity index is 0.000000381. The highest BCUT2D eigenvalue weighted by molar-refractivity contribution is 7.97. The lowest BCUT2D eigenvalue weighted by atomic mass is 9.49. The maximum atomic E-state index is 11.1. The van der Waals surface area contributed by atoms with Gasteiger partial charge in [-0.25, -0.2) is 0 Å². The first kappa shape index (κ1) is 44.6. The smallest absolute Gasteiger partial charge is 0.172 e. The Morgan fingerprint density at radius 2 is 0.857 bits per heavy atom. The van der Waals surface area contributed by atoms with Crippen molar-refractivity contribution in [2.45, 2.75) is 210 Å². The molecular weight excluding hydrogens is 701 g/mol. The van der Waals surface area contributed by atoms with Gasteiger partial charge < -0.3 is 9.90 Å². The van der Waals surface area contributed by atoms with Gasteiger partial charge in [-0.2, -0.15) is 0 Å². The number of aryl methyl sites for hydroxylation is 6. The van der Waals surface area contributed by atoms with Crippen molar-refractivity contribution in [2.75, 3.05) is 0 Å². The minimum absolute atomic E-state index is 0.103. The minimum atomic E-state index is -0.758. The molecular formula is C53H78O2S. The van der Waals surface area contributed by atoms with Crippen molar-refractivity contribution in [3.8, 4) is 0 Å². The van der Waals surface area contributed by atoms with Crippen LogP contribution in [0.15, 0.2) is 69.3 Å². The molecule has 4 fully saturated rings. The number of hydrogen-bond donors (Lipinski definition) is 0. The molecule has 56 heavy (non-hydrogen) atoms. The van der Waals surface area contributed by atoms with E-state index < -0.39 is 11.4 Å². The van der Waals surface area contributed by atoms with Crippen LogP contribution >= 0.6 is 0 Å². The van der Waals surface area contributed by atoms with E-state index in [4.69, 9.17) is 0 Å². The third kappa shape index (κ3) is 11.6. The minimum Gasteiger partial charge on any atom is -0.550 e. The zero-order chi connectivity index (χ0) is 39.9. The summed E-state index contributed by atoms with van der Waals surface area (Å²) in [5.74, 6) is 1.38. The van der Waals surface area contributed by atoms with E-state index in [1.54, 1.807) is 43.2 Å². The number of hydrogen-bond acceptors (Lipinski definition) is 2. The number of carbonyl (C=O) groups is 1. The van der Waals surface area contributed by atoms with Crippen LogP contribution in [-0.4, -0.2) is 5.97 Å². The fourth-order valence-electron chi connectivity index (χ4n) is 10.7. The standard InChI is InChI=1S/C42H63S.C11H16O2/c1-7-13-22-34-30-36(24-15-9-3)41(37(31-34)25-16-10-4)43(40-28-20-19-21-29-40)42-38(26-17-11-5)32-35(23-14-8-2)33-39(42)27-18-12-6;12-10(13)11-4-7-1-8(5-11)3-9(2-7)6-11/h19-21,28-33H,7-18,22-27H2,1-6H3;7-9H,1-6H2,(H,12,13)/q+1;/p-1. The average molecular weight is 779 g/mol. The summed E-state index contributed by atoms with van der Waals surface area (Å²) in [6.45, 7) is 14.1. The molecule has 4 aliphatic rings. The zero-order valence-electron chi connectivity index (χ0n) is 36.6. The lowest BCUT2D eigenvalue weighted by molar-refractivity contribution is -0.327. The summed E-state index contributed by atoms with van der Waals surface area (Å²) >= 11 is 0. The number of rotatable bonds is 22. The number of carbonyl (C=O) groups excluding carboxylic acids is 1. The first-order valence-corrected chi connectivity index (χ1v) is 24.8. The van der Waals surface area contributed by atoms with Gasteiger partial charge in [-0.1, -0.05) is 123 Å². The van der Waals surface area contributed by atoms with Gasteiger partial charge in [0.05, 0.1) is 0 Å². The summed E-state index contributed by atoms with van der Waals surface area (Å²) < 4.78 is 0. The predicted molar refractivity (Wildman–Crippen MR) is 239 cm³/mol. The van der Waals surface area contributed by atoms with Crippen molar-refractivity contribution in [3.05, 3.63) is 88.0 Å². The monoisotopic (exact) mass is 779 g/mol. The SMILES string of the molecule is CCCCc1cc(CCCC)c([S+](c2ccccc2)c2c(CCCC)cc(CCCC)cc2CCCC)c(CCCC)c1.O=C([O-])C12CC3CC(CC(C3)C1)C2. The Morgan fingerprint density at radius 1 is 0.536 bits per heavy atom. The summed E-state index contributed by atoms with van der Waals surface area (Å²) in [4.78, 5) is 16.0. The Labute approximate surface area is 346 Å². The van der Waals surface area contributed by atoms with Crippen molar-refractivity contribution in [2.24, 2.45) is 23.2 Å². The Hall–Kier alpha value is -2.52. The Bertz CT molecular complexity index is 1470. The van der Waals surface area contributed by atoms with Crippen LogP contribution in [0.1, 0.15) is 190 Å². The number of carboxylic acid groups (broad SMARTS) is 1. The summed E-state index contributed by atoms with van der Waals surface area (Å²) in [6.07, 6.45) is 29.0. The van der Waals surface area contributed by atoms with E-state index in [2.05, 4.69) is 96.1 Å². The fraction of sp³-hybridized carbons (Fsp3) is 0.642. The molecule has 0 aromatic heterocycles. The third-order valence-corrected chi connectivity index (χ3v) is 15.9. The molecule has 3 aromatic rings. The molecule has 4 saturated carbocycles. The highest BCUT2D eigenvalue weighted by Gasteiger charge is 2.51. The number of unbranched alkanes of at least 4 members (excludes halogenated alkanes) is 6. The Kier molecular flexibility index (Phi) is 18.0. The van der Waals surface area contributed by atoms with Crippen molar-refractivity contribution < 1.29 is 9.90 Å². The molecule has 2 nitrogen and oxygen atoms in total. The third-order valence-electron chi connectivity index (χ3n) is 13.3.